The fourth-order valence-corrected chi connectivity index (χ4v) is 4.91. The number of anilines is 1. The maximum Gasteiger partial charge on any atom is 0.208 e. The molecule has 1 aromatic carbocycles. The molecule has 0 atom stereocenters. The van der Waals surface area contributed by atoms with Crippen LogP contribution in [0.3, 0.4) is 0 Å². The predicted octanol–water partition coefficient (Wildman–Crippen LogP) is 2.61. The zero-order valence-corrected chi connectivity index (χ0v) is 17.1. The molecule has 2 saturated heterocycles. The Morgan fingerprint density at radius 1 is 1.32 bits per heavy atom. The quantitative estimate of drug-likeness (QED) is 0.649. The lowest BCUT2D eigenvalue weighted by molar-refractivity contribution is 0.149. The third-order valence-corrected chi connectivity index (χ3v) is 6.64. The smallest absolute Gasteiger partial charge is 0.208 e. The number of aromatic nitrogens is 2. The maximum atomic E-state index is 7.60. The van der Waals surface area contributed by atoms with E-state index >= 15 is 0 Å². The molecule has 2 aliphatic heterocycles. The number of ether oxygens (including phenoxy) is 1. The molecule has 1 aromatic heterocycles. The zero-order chi connectivity index (χ0) is 19.6. The molecular formula is C20H26N6OS. The molecule has 0 aliphatic carbocycles. The van der Waals surface area contributed by atoms with Gasteiger partial charge in [0, 0.05) is 43.5 Å². The lowest BCUT2D eigenvalue weighted by Gasteiger charge is -2.52. The Kier molecular flexibility index (Phi) is 5.32. The molecule has 2 aromatic rings. The van der Waals surface area contributed by atoms with Crippen molar-refractivity contribution in [2.75, 3.05) is 45.2 Å². The van der Waals surface area contributed by atoms with E-state index in [1.54, 1.807) is 24.6 Å². The highest BCUT2D eigenvalue weighted by atomic mass is 32.1. The van der Waals surface area contributed by atoms with Gasteiger partial charge in [0.2, 0.25) is 5.13 Å². The van der Waals surface area contributed by atoms with Gasteiger partial charge >= 0.3 is 0 Å². The Hall–Kier alpha value is -2.45. The third-order valence-electron chi connectivity index (χ3n) is 5.62. The van der Waals surface area contributed by atoms with Gasteiger partial charge < -0.3 is 25.7 Å². The average molecular weight is 399 g/mol. The van der Waals surface area contributed by atoms with Crippen LogP contribution in [0.1, 0.15) is 18.4 Å². The van der Waals surface area contributed by atoms with Crippen molar-refractivity contribution >= 4 is 28.3 Å². The van der Waals surface area contributed by atoms with Gasteiger partial charge in [-0.3, -0.25) is 0 Å². The van der Waals surface area contributed by atoms with Crippen LogP contribution >= 0.6 is 11.3 Å². The van der Waals surface area contributed by atoms with Crippen LogP contribution in [0, 0.1) is 10.8 Å². The van der Waals surface area contributed by atoms with Crippen LogP contribution in [0.25, 0.3) is 16.1 Å². The van der Waals surface area contributed by atoms with Crippen molar-refractivity contribution in [1.82, 2.24) is 20.8 Å². The number of nitrogens with one attached hydrogen (secondary N) is 3. The van der Waals surface area contributed by atoms with Gasteiger partial charge in [0.25, 0.3) is 0 Å². The predicted molar refractivity (Wildman–Crippen MR) is 114 cm³/mol. The fourth-order valence-electron chi connectivity index (χ4n) is 4.04. The number of allylic oxidation sites excluding steroid dienone is 1. The first kappa shape index (κ1) is 18.9. The van der Waals surface area contributed by atoms with Gasteiger partial charge in [-0.2, -0.15) is 0 Å². The zero-order valence-electron chi connectivity index (χ0n) is 16.3. The SMILES string of the molecule is CN/C=C(\C=N)c1ccc(-c2nnc(N3CC4(CCNCC4)C3)s2)c(OC)c1. The molecule has 148 valence electrons. The van der Waals surface area contributed by atoms with Crippen LogP contribution in [0.5, 0.6) is 5.75 Å². The van der Waals surface area contributed by atoms with Crippen molar-refractivity contribution in [2.24, 2.45) is 5.41 Å². The maximum absolute atomic E-state index is 7.60. The number of hydrogen-bond acceptors (Lipinski definition) is 8. The summed E-state index contributed by atoms with van der Waals surface area (Å²) in [5.74, 6) is 0.738. The van der Waals surface area contributed by atoms with Gasteiger partial charge in [-0.15, -0.1) is 10.2 Å². The van der Waals surface area contributed by atoms with Gasteiger partial charge in [-0.1, -0.05) is 17.4 Å². The van der Waals surface area contributed by atoms with E-state index in [0.29, 0.717) is 5.41 Å². The van der Waals surface area contributed by atoms with Crippen LogP contribution in [0.2, 0.25) is 0 Å². The second-order valence-electron chi connectivity index (χ2n) is 7.44. The van der Waals surface area contributed by atoms with E-state index in [9.17, 15) is 0 Å². The molecule has 7 nitrogen and oxygen atoms in total. The monoisotopic (exact) mass is 398 g/mol. The molecule has 0 unspecified atom stereocenters. The van der Waals surface area contributed by atoms with Crippen molar-refractivity contribution in [3.8, 4) is 16.3 Å². The number of benzene rings is 1. The fraction of sp³-hybridized carbons (Fsp3) is 0.450. The highest BCUT2D eigenvalue weighted by molar-refractivity contribution is 7.18. The van der Waals surface area contributed by atoms with Gasteiger partial charge in [-0.25, -0.2) is 0 Å². The largest absolute Gasteiger partial charge is 0.496 e. The third kappa shape index (κ3) is 3.49. The van der Waals surface area contributed by atoms with E-state index in [-0.39, 0.29) is 0 Å². The van der Waals surface area contributed by atoms with Crippen molar-refractivity contribution in [1.29, 1.82) is 5.41 Å². The van der Waals surface area contributed by atoms with E-state index in [1.165, 1.54) is 19.1 Å². The molecule has 2 aliphatic rings. The highest BCUT2D eigenvalue weighted by Crippen LogP contribution is 2.43. The highest BCUT2D eigenvalue weighted by Gasteiger charge is 2.44. The first-order chi connectivity index (χ1) is 13.7. The van der Waals surface area contributed by atoms with Crippen LogP contribution < -0.4 is 20.3 Å². The van der Waals surface area contributed by atoms with E-state index in [4.69, 9.17) is 10.1 Å². The molecule has 8 heteroatoms. The summed E-state index contributed by atoms with van der Waals surface area (Å²) in [4.78, 5) is 2.34. The lowest BCUT2D eigenvalue weighted by Crippen LogP contribution is -2.60. The summed E-state index contributed by atoms with van der Waals surface area (Å²) in [6, 6.07) is 5.93. The molecule has 0 radical (unpaired) electrons. The van der Waals surface area contributed by atoms with Crippen LogP contribution in [0.4, 0.5) is 5.13 Å². The average Bonchev–Trinajstić information content (AvgIpc) is 3.20. The van der Waals surface area contributed by atoms with E-state index in [0.717, 1.165) is 58.8 Å². The molecular weight excluding hydrogens is 372 g/mol. The van der Waals surface area contributed by atoms with Crippen molar-refractivity contribution in [2.45, 2.75) is 12.8 Å². The molecule has 0 saturated carbocycles. The first-order valence-electron chi connectivity index (χ1n) is 9.54. The molecule has 3 heterocycles. The summed E-state index contributed by atoms with van der Waals surface area (Å²) in [5, 5.41) is 24.7. The summed E-state index contributed by atoms with van der Waals surface area (Å²) in [6.07, 6.45) is 5.62. The second-order valence-corrected chi connectivity index (χ2v) is 8.40. The Balaban J connectivity index is 1.54. The molecule has 4 rings (SSSR count). The standard InChI is InChI=1S/C20H26N6OS/c1-22-11-15(10-21)14-3-4-16(17(9-14)27-2)18-24-25-19(28-18)26-12-20(13-26)5-7-23-8-6-20/h3-4,9-11,21-23H,5-8,12-13H2,1-2H3/b15-11+,21-10?. The topological polar surface area (TPSA) is 86.2 Å². The lowest BCUT2D eigenvalue weighted by atomic mass is 9.73. The first-order valence-corrected chi connectivity index (χ1v) is 10.4. The molecule has 28 heavy (non-hydrogen) atoms. The molecule has 0 amide bonds. The minimum Gasteiger partial charge on any atom is -0.496 e. The summed E-state index contributed by atoms with van der Waals surface area (Å²) < 4.78 is 5.61. The minimum absolute atomic E-state index is 0.471. The number of rotatable bonds is 6. The number of nitrogens with zero attached hydrogens (tertiary/aromatic N) is 3. The van der Waals surface area contributed by atoms with Crippen LogP contribution in [0.15, 0.2) is 24.4 Å². The normalized spacial score (nSPS) is 18.6. The van der Waals surface area contributed by atoms with Crippen molar-refractivity contribution in [3.05, 3.63) is 30.0 Å². The van der Waals surface area contributed by atoms with Crippen LogP contribution in [-0.4, -0.2) is 56.7 Å². The minimum atomic E-state index is 0.471. The van der Waals surface area contributed by atoms with Gasteiger partial charge in [0.1, 0.15) is 5.75 Å². The summed E-state index contributed by atoms with van der Waals surface area (Å²) in [6.45, 7) is 4.41. The van der Waals surface area contributed by atoms with Gasteiger partial charge in [-0.05, 0) is 43.6 Å². The number of methoxy groups -OCH3 is 1. The Morgan fingerprint density at radius 2 is 2.11 bits per heavy atom. The molecule has 2 fully saturated rings. The Labute approximate surface area is 169 Å². The summed E-state index contributed by atoms with van der Waals surface area (Å²) in [7, 11) is 3.48. The van der Waals surface area contributed by atoms with E-state index in [1.807, 2.05) is 25.2 Å². The number of piperidine rings is 1. The van der Waals surface area contributed by atoms with E-state index in [2.05, 4.69) is 25.7 Å². The van der Waals surface area contributed by atoms with E-state index < -0.39 is 0 Å². The van der Waals surface area contributed by atoms with Gasteiger partial charge in [0.05, 0.1) is 12.7 Å². The Bertz CT molecular complexity index is 879. The second kappa shape index (κ2) is 7.89. The summed E-state index contributed by atoms with van der Waals surface area (Å²) >= 11 is 1.61. The van der Waals surface area contributed by atoms with Crippen molar-refractivity contribution < 1.29 is 4.74 Å². The Morgan fingerprint density at radius 3 is 2.79 bits per heavy atom. The van der Waals surface area contributed by atoms with Crippen molar-refractivity contribution in [3.63, 3.8) is 0 Å². The number of hydrogen-bond donors (Lipinski definition) is 3. The molecule has 1 spiro atoms. The molecule has 0 bridgehead atoms. The molecule has 3 N–H and O–H groups in total. The summed E-state index contributed by atoms with van der Waals surface area (Å²) in [5.41, 5.74) is 3.11. The van der Waals surface area contributed by atoms with Crippen LogP contribution in [-0.2, 0) is 0 Å². The van der Waals surface area contributed by atoms with Gasteiger partial charge in [0.15, 0.2) is 5.01 Å².